The van der Waals surface area contributed by atoms with Crippen LogP contribution in [0.5, 0.6) is 0 Å². The van der Waals surface area contributed by atoms with Gasteiger partial charge in [-0.05, 0) is 39.0 Å². The van der Waals surface area contributed by atoms with Crippen molar-refractivity contribution < 1.29 is 40.9 Å². The molecule has 0 rings (SSSR count). The van der Waals surface area contributed by atoms with E-state index in [1.54, 1.807) is 20.8 Å². The largest absolute Gasteiger partial charge is 0.396 e. The summed E-state index contributed by atoms with van der Waals surface area (Å²) in [6.45, 7) is 6.37. The van der Waals surface area contributed by atoms with Crippen molar-refractivity contribution in [3.63, 3.8) is 0 Å². The molecule has 0 aromatic rings. The Morgan fingerprint density at radius 2 is 0.852 bits per heavy atom. The van der Waals surface area contributed by atoms with Crippen LogP contribution in [0.4, 0.5) is 0 Å². The summed E-state index contributed by atoms with van der Waals surface area (Å²) in [5.74, 6) is 0. The smallest absolute Gasteiger partial charge is 0.0533 e. The second-order valence-electron chi connectivity index (χ2n) is 6.86. The Bertz CT molecular complexity index is 210. The Kier molecular flexibility index (Phi) is 38.5. The molecule has 0 amide bonds. The molecular formula is C19H46O8. The van der Waals surface area contributed by atoms with Crippen molar-refractivity contribution >= 4 is 0 Å². The third-order valence-corrected chi connectivity index (χ3v) is 3.04. The first kappa shape index (κ1) is 34.2. The highest BCUT2D eigenvalue weighted by atomic mass is 16.3. The Morgan fingerprint density at radius 3 is 0.963 bits per heavy atom. The number of hydrogen-bond acceptors (Lipinski definition) is 8. The van der Waals surface area contributed by atoms with Gasteiger partial charge in [-0.1, -0.05) is 26.7 Å². The van der Waals surface area contributed by atoms with Crippen LogP contribution in [0, 0.1) is 5.41 Å². The van der Waals surface area contributed by atoms with E-state index in [1.165, 1.54) is 0 Å². The zero-order valence-corrected chi connectivity index (χ0v) is 17.6. The maximum Gasteiger partial charge on any atom is 0.0533 e. The lowest BCUT2D eigenvalue weighted by Crippen LogP contribution is -2.20. The second-order valence-corrected chi connectivity index (χ2v) is 6.86. The van der Waals surface area contributed by atoms with Crippen LogP contribution in [0.15, 0.2) is 0 Å². The van der Waals surface area contributed by atoms with Crippen LogP contribution in [-0.2, 0) is 0 Å². The van der Waals surface area contributed by atoms with Gasteiger partial charge in [0, 0.05) is 38.4 Å². The molecule has 170 valence electrons. The summed E-state index contributed by atoms with van der Waals surface area (Å²) in [5, 5.41) is 66.1. The van der Waals surface area contributed by atoms with Gasteiger partial charge < -0.3 is 40.9 Å². The predicted molar refractivity (Wildman–Crippen MR) is 107 cm³/mol. The summed E-state index contributed by atoms with van der Waals surface area (Å²) in [5.41, 5.74) is -0.306. The lowest BCUT2D eigenvalue weighted by Gasteiger charge is -2.16. The highest BCUT2D eigenvalue weighted by molar-refractivity contribution is 4.62. The van der Waals surface area contributed by atoms with Crippen molar-refractivity contribution in [3.05, 3.63) is 0 Å². The lowest BCUT2D eigenvalue weighted by atomic mass is 9.97. The van der Waals surface area contributed by atoms with Crippen LogP contribution >= 0.6 is 0 Å². The third-order valence-electron chi connectivity index (χ3n) is 3.04. The number of rotatable bonds is 12. The van der Waals surface area contributed by atoms with E-state index in [0.29, 0.717) is 6.42 Å². The molecule has 8 N–H and O–H groups in total. The van der Waals surface area contributed by atoms with Crippen LogP contribution in [0.1, 0.15) is 65.7 Å². The minimum atomic E-state index is -0.352. The molecule has 0 saturated carbocycles. The normalized spacial score (nSPS) is 11.2. The minimum absolute atomic E-state index is 0.0451. The van der Waals surface area contributed by atoms with Gasteiger partial charge in [-0.25, -0.2) is 0 Å². The molecule has 8 nitrogen and oxygen atoms in total. The summed E-state index contributed by atoms with van der Waals surface area (Å²) in [7, 11) is 0. The Balaban J connectivity index is -0.000000132. The van der Waals surface area contributed by atoms with E-state index in [1.807, 2.05) is 0 Å². The van der Waals surface area contributed by atoms with Crippen LogP contribution < -0.4 is 0 Å². The van der Waals surface area contributed by atoms with Gasteiger partial charge in [0.15, 0.2) is 0 Å². The summed E-state index contributed by atoms with van der Waals surface area (Å²) >= 11 is 0. The highest BCUT2D eigenvalue weighted by Crippen LogP contribution is 2.10. The summed E-state index contributed by atoms with van der Waals surface area (Å²) in [4.78, 5) is 0. The molecule has 27 heavy (non-hydrogen) atoms. The number of aliphatic hydroxyl groups excluding tert-OH is 8. The Hall–Kier alpha value is -0.320. The molecule has 0 heterocycles. The molecule has 8 heteroatoms. The van der Waals surface area contributed by atoms with Gasteiger partial charge in [0.05, 0.1) is 19.3 Å². The van der Waals surface area contributed by atoms with Gasteiger partial charge in [-0.15, -0.1) is 0 Å². The zero-order valence-electron chi connectivity index (χ0n) is 17.6. The average Bonchev–Trinajstić information content (AvgIpc) is 2.65. The quantitative estimate of drug-likeness (QED) is 0.212. The maximum absolute atomic E-state index is 8.43. The van der Waals surface area contributed by atoms with Gasteiger partial charge in [-0.2, -0.15) is 0 Å². The van der Waals surface area contributed by atoms with Gasteiger partial charge in [0.25, 0.3) is 0 Å². The molecule has 0 aliphatic heterocycles. The van der Waals surface area contributed by atoms with Crippen molar-refractivity contribution in [3.8, 4) is 0 Å². The molecule has 1 atom stereocenters. The predicted octanol–water partition coefficient (Wildman–Crippen LogP) is 0.0294. The lowest BCUT2D eigenvalue weighted by molar-refractivity contribution is 0.0857. The molecular weight excluding hydrogens is 356 g/mol. The van der Waals surface area contributed by atoms with E-state index in [0.717, 1.165) is 38.5 Å². The molecule has 1 unspecified atom stereocenters. The van der Waals surface area contributed by atoms with E-state index in [9.17, 15) is 0 Å². The third kappa shape index (κ3) is 51.8. The van der Waals surface area contributed by atoms with Crippen LogP contribution in [0.2, 0.25) is 0 Å². The molecule has 0 radical (unpaired) electrons. The average molecular weight is 403 g/mol. The van der Waals surface area contributed by atoms with E-state index in [4.69, 9.17) is 40.9 Å². The first-order chi connectivity index (χ1) is 12.7. The molecule has 0 spiro atoms. The van der Waals surface area contributed by atoms with E-state index in [-0.39, 0.29) is 57.8 Å². The van der Waals surface area contributed by atoms with Crippen LogP contribution in [0.3, 0.4) is 0 Å². The molecule has 0 fully saturated rings. The zero-order chi connectivity index (χ0) is 22.0. The summed E-state index contributed by atoms with van der Waals surface area (Å²) in [6.07, 6.45) is 5.40. The van der Waals surface area contributed by atoms with Crippen molar-refractivity contribution in [1.82, 2.24) is 0 Å². The number of aliphatic hydroxyl groups is 8. The van der Waals surface area contributed by atoms with Crippen LogP contribution in [0.25, 0.3) is 0 Å². The van der Waals surface area contributed by atoms with Crippen molar-refractivity contribution in [2.45, 2.75) is 71.8 Å². The molecule has 0 bridgehead atoms. The first-order valence-electron chi connectivity index (χ1n) is 9.66. The summed E-state index contributed by atoms with van der Waals surface area (Å²) < 4.78 is 0. The molecule has 0 saturated heterocycles. The van der Waals surface area contributed by atoms with Crippen molar-refractivity contribution in [2.24, 2.45) is 5.41 Å². The summed E-state index contributed by atoms with van der Waals surface area (Å²) in [6, 6.07) is 0. The van der Waals surface area contributed by atoms with Crippen molar-refractivity contribution in [1.29, 1.82) is 0 Å². The van der Waals surface area contributed by atoms with E-state index >= 15 is 0 Å². The fourth-order valence-corrected chi connectivity index (χ4v) is 1.04. The number of unbranched alkanes of at least 4 members (excludes halogenated alkanes) is 4. The Labute approximate surface area is 165 Å². The van der Waals surface area contributed by atoms with E-state index in [2.05, 4.69) is 0 Å². The SMILES string of the molecule is CC(C)(CO)CO.CC(O)CCO.OCCCCCCO.OCCCCO. The highest BCUT2D eigenvalue weighted by Gasteiger charge is 2.13. The molecule has 0 aromatic heterocycles. The fourth-order valence-electron chi connectivity index (χ4n) is 1.04. The molecule has 0 aliphatic rings. The molecule has 0 aliphatic carbocycles. The van der Waals surface area contributed by atoms with E-state index < -0.39 is 0 Å². The first-order valence-corrected chi connectivity index (χ1v) is 9.66. The maximum atomic E-state index is 8.43. The van der Waals surface area contributed by atoms with Crippen LogP contribution in [-0.4, -0.2) is 93.2 Å². The van der Waals surface area contributed by atoms with Gasteiger partial charge in [0.1, 0.15) is 0 Å². The second kappa shape index (κ2) is 30.4. The standard InChI is InChI=1S/C6H14O2.C5H12O2.2C4H10O2/c7-5-3-1-2-4-6-8;1-5(2,3-6)4-7;1-4(6)2-3-5;5-3-1-2-4-6/h7-8H,1-6H2;6-7H,3-4H2,1-2H3;4-6H,2-3H2,1H3;5-6H,1-4H2. The molecule has 0 aromatic carbocycles. The monoisotopic (exact) mass is 402 g/mol. The Morgan fingerprint density at radius 1 is 0.556 bits per heavy atom. The van der Waals surface area contributed by atoms with Gasteiger partial charge in [0.2, 0.25) is 0 Å². The minimum Gasteiger partial charge on any atom is -0.396 e. The topological polar surface area (TPSA) is 162 Å². The number of hydrogen-bond donors (Lipinski definition) is 8. The van der Waals surface area contributed by atoms with Crippen molar-refractivity contribution in [2.75, 3.05) is 46.2 Å². The van der Waals surface area contributed by atoms with Gasteiger partial charge >= 0.3 is 0 Å². The van der Waals surface area contributed by atoms with Gasteiger partial charge in [-0.3, -0.25) is 0 Å². The fraction of sp³-hybridized carbons (Fsp3) is 1.00.